The van der Waals surface area contributed by atoms with Crippen LogP contribution < -0.4 is 0 Å². The molecule has 0 amide bonds. The number of rotatable bonds is 4. The first-order valence-electron chi connectivity index (χ1n) is 17.0. The van der Waals surface area contributed by atoms with Crippen molar-refractivity contribution < 1.29 is 4.42 Å². The van der Waals surface area contributed by atoms with Crippen molar-refractivity contribution in [3.8, 4) is 44.6 Å². The summed E-state index contributed by atoms with van der Waals surface area (Å²) in [4.78, 5) is 9.87. The van der Waals surface area contributed by atoms with Crippen LogP contribution in [0.2, 0.25) is 0 Å². The van der Waals surface area contributed by atoms with Crippen molar-refractivity contribution in [1.82, 2.24) is 9.97 Å². The third kappa shape index (κ3) is 4.56. The average Bonchev–Trinajstić information content (AvgIpc) is 3.88. The quantitative estimate of drug-likeness (QED) is 0.185. The van der Waals surface area contributed by atoms with Gasteiger partial charge in [-0.15, -0.1) is 22.7 Å². The lowest BCUT2D eigenvalue weighted by atomic mass is 9.97. The lowest BCUT2D eigenvalue weighted by Crippen LogP contribution is -1.88. The maximum atomic E-state index is 6.31. The molecule has 11 aromatic rings. The number of nitrogens with zero attached hydrogens (tertiary/aromatic N) is 2. The molecule has 238 valence electrons. The molecule has 4 heterocycles. The Morgan fingerprint density at radius 2 is 0.980 bits per heavy atom. The van der Waals surface area contributed by atoms with Crippen molar-refractivity contribution in [3.63, 3.8) is 0 Å². The molecule has 5 heteroatoms. The van der Waals surface area contributed by atoms with Crippen LogP contribution in [0.1, 0.15) is 0 Å². The molecule has 4 aromatic heterocycles. The summed E-state index contributed by atoms with van der Waals surface area (Å²) in [5.74, 6) is 0. The number of hydrogen-bond donors (Lipinski definition) is 0. The van der Waals surface area contributed by atoms with E-state index < -0.39 is 0 Å². The van der Waals surface area contributed by atoms with E-state index in [-0.39, 0.29) is 0 Å². The van der Waals surface area contributed by atoms with Gasteiger partial charge in [-0.05, 0) is 69.8 Å². The Morgan fingerprint density at radius 3 is 1.67 bits per heavy atom. The molecule has 11 rings (SSSR count). The number of aromatic nitrogens is 2. The number of thiophene rings is 2. The highest BCUT2D eigenvalue weighted by atomic mass is 32.1. The summed E-state index contributed by atoms with van der Waals surface area (Å²) >= 11 is 3.71. The molecular formula is C46H26N2OS2. The topological polar surface area (TPSA) is 38.9 Å². The van der Waals surface area contributed by atoms with Crippen molar-refractivity contribution in [2.45, 2.75) is 0 Å². The van der Waals surface area contributed by atoms with E-state index in [1.165, 1.54) is 62.6 Å². The summed E-state index contributed by atoms with van der Waals surface area (Å²) in [6.45, 7) is 0. The maximum absolute atomic E-state index is 6.31. The number of furan rings is 1. The molecule has 0 saturated carbocycles. The summed E-state index contributed by atoms with van der Waals surface area (Å²) in [6, 6.07) is 54.3. The summed E-state index contributed by atoms with van der Waals surface area (Å²) in [6.07, 6.45) is 1.82. The lowest BCUT2D eigenvalue weighted by Gasteiger charge is -2.08. The van der Waals surface area contributed by atoms with Crippen LogP contribution in [0.4, 0.5) is 0 Å². The van der Waals surface area contributed by atoms with E-state index in [9.17, 15) is 0 Å². The van der Waals surface area contributed by atoms with Gasteiger partial charge in [-0.25, -0.2) is 9.97 Å². The first-order valence-corrected chi connectivity index (χ1v) is 18.6. The Morgan fingerprint density at radius 1 is 0.431 bits per heavy atom. The fraction of sp³-hybridized carbons (Fsp3) is 0. The second-order valence-electron chi connectivity index (χ2n) is 12.9. The molecular weight excluding hydrogens is 661 g/mol. The van der Waals surface area contributed by atoms with Gasteiger partial charge >= 0.3 is 0 Å². The molecule has 0 spiro atoms. The lowest BCUT2D eigenvalue weighted by molar-refractivity contribution is 0.653. The molecule has 3 nitrogen and oxygen atoms in total. The van der Waals surface area contributed by atoms with Gasteiger partial charge in [-0.2, -0.15) is 0 Å². The Bertz CT molecular complexity index is 3170. The zero-order valence-electron chi connectivity index (χ0n) is 27.1. The first kappa shape index (κ1) is 28.7. The van der Waals surface area contributed by atoms with E-state index in [0.717, 1.165) is 38.9 Å². The van der Waals surface area contributed by atoms with Crippen molar-refractivity contribution in [2.24, 2.45) is 0 Å². The fourth-order valence-corrected chi connectivity index (χ4v) is 9.99. The third-order valence-corrected chi connectivity index (χ3v) is 12.4. The largest absolute Gasteiger partial charge is 0.436 e. The standard InChI is InChI=1S/C46H26N2OS2/c1-3-19-41-34(13-1)36-17-7-15-32(44(36)50-41)29-10-5-9-27(23-29)28-21-22-38-40(25-28)49-46-43(38)48-39(26-47-46)31-12-6-11-30(24-31)33-16-8-18-37-35-14-2-4-20-42(35)51-45(33)37/h1-26H. The van der Waals surface area contributed by atoms with Crippen molar-refractivity contribution >= 4 is 85.2 Å². The van der Waals surface area contributed by atoms with E-state index in [2.05, 4.69) is 152 Å². The van der Waals surface area contributed by atoms with Gasteiger partial charge in [-0.3, -0.25) is 0 Å². The van der Waals surface area contributed by atoms with Crippen LogP contribution >= 0.6 is 22.7 Å². The Balaban J connectivity index is 0.964. The smallest absolute Gasteiger partial charge is 0.246 e. The normalized spacial score (nSPS) is 11.9. The Kier molecular flexibility index (Phi) is 6.29. The molecule has 0 N–H and O–H groups in total. The minimum Gasteiger partial charge on any atom is -0.436 e. The number of hydrogen-bond acceptors (Lipinski definition) is 5. The van der Waals surface area contributed by atoms with E-state index >= 15 is 0 Å². The number of fused-ring (bicyclic) bond motifs is 9. The Hall–Kier alpha value is -6.14. The second-order valence-corrected chi connectivity index (χ2v) is 15.0. The van der Waals surface area contributed by atoms with Crippen LogP contribution in [0.25, 0.3) is 107 Å². The van der Waals surface area contributed by atoms with Crippen LogP contribution in [0.3, 0.4) is 0 Å². The van der Waals surface area contributed by atoms with Gasteiger partial charge in [0.05, 0.1) is 11.9 Å². The van der Waals surface area contributed by atoms with E-state index in [0.29, 0.717) is 5.71 Å². The van der Waals surface area contributed by atoms with Crippen LogP contribution in [0, 0.1) is 0 Å². The van der Waals surface area contributed by atoms with Gasteiger partial charge in [0.15, 0.2) is 0 Å². The SMILES string of the molecule is c1cc(-c2ccc3c(c2)oc2ncc(-c4cccc(-c5cccc6c5sc5ccccc56)c4)nc23)cc(-c2cccc3c2sc2ccccc23)c1. The zero-order chi connectivity index (χ0) is 33.5. The van der Waals surface area contributed by atoms with Gasteiger partial charge in [-0.1, -0.05) is 115 Å². The molecule has 0 atom stereocenters. The molecule has 51 heavy (non-hydrogen) atoms. The first-order chi connectivity index (χ1) is 25.2. The number of benzene rings is 7. The second kappa shape index (κ2) is 11.2. The molecule has 0 bridgehead atoms. The van der Waals surface area contributed by atoms with Gasteiger partial charge in [0.25, 0.3) is 0 Å². The van der Waals surface area contributed by atoms with Gasteiger partial charge in [0, 0.05) is 51.3 Å². The van der Waals surface area contributed by atoms with Crippen LogP contribution in [0.15, 0.2) is 162 Å². The molecule has 0 aliphatic rings. The third-order valence-electron chi connectivity index (χ3n) is 9.97. The molecule has 0 aliphatic heterocycles. The minimum absolute atomic E-state index is 0.544. The van der Waals surface area contributed by atoms with Gasteiger partial charge < -0.3 is 4.42 Å². The molecule has 7 aromatic carbocycles. The molecule has 0 aliphatic carbocycles. The van der Waals surface area contributed by atoms with Crippen LogP contribution in [-0.4, -0.2) is 9.97 Å². The highest BCUT2D eigenvalue weighted by molar-refractivity contribution is 7.26. The Labute approximate surface area is 300 Å². The predicted molar refractivity (Wildman–Crippen MR) is 217 cm³/mol. The van der Waals surface area contributed by atoms with Gasteiger partial charge in [0.2, 0.25) is 5.71 Å². The van der Waals surface area contributed by atoms with Crippen molar-refractivity contribution in [2.75, 3.05) is 0 Å². The fourth-order valence-electron chi connectivity index (χ4n) is 7.51. The highest BCUT2D eigenvalue weighted by Crippen LogP contribution is 2.42. The summed E-state index contributed by atoms with van der Waals surface area (Å²) in [5.41, 5.74) is 11.0. The minimum atomic E-state index is 0.544. The predicted octanol–water partition coefficient (Wildman–Crippen LogP) is 13.8. The van der Waals surface area contributed by atoms with Gasteiger partial charge in [0.1, 0.15) is 11.1 Å². The van der Waals surface area contributed by atoms with E-state index in [1.807, 2.05) is 28.9 Å². The summed E-state index contributed by atoms with van der Waals surface area (Å²) in [7, 11) is 0. The molecule has 0 unspecified atom stereocenters. The highest BCUT2D eigenvalue weighted by Gasteiger charge is 2.16. The molecule has 0 radical (unpaired) electrons. The maximum Gasteiger partial charge on any atom is 0.246 e. The summed E-state index contributed by atoms with van der Waals surface area (Å²) in [5, 5.41) is 6.18. The van der Waals surface area contributed by atoms with Crippen molar-refractivity contribution in [3.05, 3.63) is 158 Å². The monoisotopic (exact) mass is 686 g/mol. The van der Waals surface area contributed by atoms with Crippen LogP contribution in [-0.2, 0) is 0 Å². The van der Waals surface area contributed by atoms with E-state index in [1.54, 1.807) is 0 Å². The van der Waals surface area contributed by atoms with E-state index in [4.69, 9.17) is 14.4 Å². The van der Waals surface area contributed by atoms with Crippen LogP contribution in [0.5, 0.6) is 0 Å². The average molecular weight is 687 g/mol. The van der Waals surface area contributed by atoms with Crippen molar-refractivity contribution in [1.29, 1.82) is 0 Å². The molecule has 0 fully saturated rings. The summed E-state index contributed by atoms with van der Waals surface area (Å²) < 4.78 is 11.6. The zero-order valence-corrected chi connectivity index (χ0v) is 28.8. The molecule has 0 saturated heterocycles.